The van der Waals surface area contributed by atoms with E-state index in [1.54, 1.807) is 7.11 Å². The molecule has 0 aliphatic rings. The average Bonchev–Trinajstić information content (AvgIpc) is 2.45. The molecule has 0 saturated heterocycles. The van der Waals surface area contributed by atoms with E-state index in [1.165, 1.54) is 0 Å². The zero-order valence-electron chi connectivity index (χ0n) is 12.8. The number of ether oxygens (including phenoxy) is 1. The van der Waals surface area contributed by atoms with Crippen LogP contribution in [0.3, 0.4) is 0 Å². The lowest BCUT2D eigenvalue weighted by Crippen LogP contribution is -2.31. The Bertz CT molecular complexity index is 490. The topological polar surface area (TPSA) is 79.9 Å². The van der Waals surface area contributed by atoms with Gasteiger partial charge in [-0.3, -0.25) is 0 Å². The predicted octanol–water partition coefficient (Wildman–Crippen LogP) is 3.81. The summed E-state index contributed by atoms with van der Waals surface area (Å²) in [4.78, 5) is 0. The summed E-state index contributed by atoms with van der Waals surface area (Å²) in [6, 6.07) is 5.90. The normalized spacial score (nSPS) is 12.3. The van der Waals surface area contributed by atoms with Gasteiger partial charge < -0.3 is 21.0 Å². The van der Waals surface area contributed by atoms with Crippen molar-refractivity contribution < 1.29 is 9.94 Å². The van der Waals surface area contributed by atoms with Crippen LogP contribution in [0.2, 0.25) is 0 Å². The van der Waals surface area contributed by atoms with E-state index in [4.69, 9.17) is 15.7 Å². The molecular weight excluding hydrogens is 334 g/mol. The molecule has 6 heteroatoms. The zero-order chi connectivity index (χ0) is 15.9. The molecule has 0 heterocycles. The van der Waals surface area contributed by atoms with Gasteiger partial charge in [-0.2, -0.15) is 0 Å². The first kappa shape index (κ1) is 17.6. The summed E-state index contributed by atoms with van der Waals surface area (Å²) in [5.41, 5.74) is 6.43. The van der Waals surface area contributed by atoms with Gasteiger partial charge >= 0.3 is 0 Å². The Balaban J connectivity index is 2.36. The third-order valence-corrected chi connectivity index (χ3v) is 3.92. The molecular formula is C15H24BrN3O2. The lowest BCUT2D eigenvalue weighted by molar-refractivity contribution is 0.304. The van der Waals surface area contributed by atoms with E-state index in [0.29, 0.717) is 0 Å². The molecule has 1 aromatic carbocycles. The number of hydrogen-bond acceptors (Lipinski definition) is 4. The monoisotopic (exact) mass is 357 g/mol. The minimum atomic E-state index is -0.270. The fourth-order valence-electron chi connectivity index (χ4n) is 1.97. The number of amidine groups is 1. The van der Waals surface area contributed by atoms with Crippen LogP contribution < -0.4 is 15.8 Å². The van der Waals surface area contributed by atoms with E-state index in [9.17, 15) is 0 Å². The third kappa shape index (κ3) is 5.83. The lowest BCUT2D eigenvalue weighted by Gasteiger charge is -2.22. The number of benzene rings is 1. The summed E-state index contributed by atoms with van der Waals surface area (Å²) < 4.78 is 6.21. The molecule has 5 nitrogen and oxygen atoms in total. The molecule has 0 atom stereocenters. The molecule has 0 spiro atoms. The van der Waals surface area contributed by atoms with Crippen LogP contribution in [0.5, 0.6) is 5.75 Å². The largest absolute Gasteiger partial charge is 0.497 e. The van der Waals surface area contributed by atoms with Gasteiger partial charge in [0.05, 0.1) is 7.11 Å². The Hall–Kier alpha value is -1.43. The van der Waals surface area contributed by atoms with Gasteiger partial charge in [-0.1, -0.05) is 41.4 Å². The van der Waals surface area contributed by atoms with E-state index in [1.807, 2.05) is 32.0 Å². The predicted molar refractivity (Wildman–Crippen MR) is 90.2 cm³/mol. The Labute approximate surface area is 134 Å². The maximum absolute atomic E-state index is 8.73. The molecule has 1 aromatic rings. The zero-order valence-corrected chi connectivity index (χ0v) is 14.4. The summed E-state index contributed by atoms with van der Waals surface area (Å²) in [5, 5.41) is 15.2. The molecule has 0 aromatic heterocycles. The second-order valence-corrected chi connectivity index (χ2v) is 6.55. The first-order valence-electron chi connectivity index (χ1n) is 6.95. The Morgan fingerprint density at radius 3 is 2.71 bits per heavy atom. The number of nitrogens with zero attached hydrogens (tertiary/aromatic N) is 1. The quantitative estimate of drug-likeness (QED) is 0.217. The molecule has 0 aliphatic carbocycles. The minimum absolute atomic E-state index is 0.270. The first-order chi connectivity index (χ1) is 9.89. The van der Waals surface area contributed by atoms with E-state index >= 15 is 0 Å². The van der Waals surface area contributed by atoms with Crippen molar-refractivity contribution in [2.75, 3.05) is 19.0 Å². The van der Waals surface area contributed by atoms with Crippen LogP contribution in [0.15, 0.2) is 27.8 Å². The molecule has 0 amide bonds. The SMILES string of the molecule is COc1cc(Br)cc(NCCCCC(C)(C)/C(N)=N/O)c1. The Morgan fingerprint density at radius 2 is 2.10 bits per heavy atom. The van der Waals surface area contributed by atoms with Gasteiger partial charge in [-0.05, 0) is 25.0 Å². The molecule has 0 bridgehead atoms. The smallest absolute Gasteiger partial charge is 0.144 e. The number of hydrogen-bond donors (Lipinski definition) is 3. The van der Waals surface area contributed by atoms with E-state index in [2.05, 4.69) is 26.4 Å². The molecule has 0 saturated carbocycles. The maximum atomic E-state index is 8.73. The van der Waals surface area contributed by atoms with Crippen LogP contribution in [-0.2, 0) is 0 Å². The summed E-state index contributed by atoms with van der Waals surface area (Å²) in [6.07, 6.45) is 2.89. The van der Waals surface area contributed by atoms with E-state index in [0.717, 1.165) is 41.7 Å². The van der Waals surface area contributed by atoms with Crippen molar-refractivity contribution in [2.45, 2.75) is 33.1 Å². The highest BCUT2D eigenvalue weighted by molar-refractivity contribution is 9.10. The molecule has 21 heavy (non-hydrogen) atoms. The van der Waals surface area contributed by atoms with E-state index in [-0.39, 0.29) is 11.3 Å². The molecule has 4 N–H and O–H groups in total. The van der Waals surface area contributed by atoms with Gasteiger partial charge in [0, 0.05) is 28.2 Å². The van der Waals surface area contributed by atoms with Crippen molar-refractivity contribution in [1.82, 2.24) is 0 Å². The van der Waals surface area contributed by atoms with Crippen LogP contribution in [0.1, 0.15) is 33.1 Å². The van der Waals surface area contributed by atoms with Crippen molar-refractivity contribution in [1.29, 1.82) is 0 Å². The lowest BCUT2D eigenvalue weighted by atomic mass is 9.86. The fraction of sp³-hybridized carbons (Fsp3) is 0.533. The highest BCUT2D eigenvalue weighted by atomic mass is 79.9. The molecule has 118 valence electrons. The van der Waals surface area contributed by atoms with Gasteiger partial charge in [0.1, 0.15) is 11.6 Å². The van der Waals surface area contributed by atoms with Crippen LogP contribution >= 0.6 is 15.9 Å². The van der Waals surface area contributed by atoms with Crippen LogP contribution in [-0.4, -0.2) is 24.7 Å². The number of methoxy groups -OCH3 is 1. The Morgan fingerprint density at radius 1 is 1.38 bits per heavy atom. The van der Waals surface area contributed by atoms with Crippen molar-refractivity contribution >= 4 is 27.5 Å². The van der Waals surface area contributed by atoms with Gasteiger partial charge in [-0.15, -0.1) is 0 Å². The van der Waals surface area contributed by atoms with Gasteiger partial charge in [0.2, 0.25) is 0 Å². The van der Waals surface area contributed by atoms with Gasteiger partial charge in [0.25, 0.3) is 0 Å². The van der Waals surface area contributed by atoms with Gasteiger partial charge in [-0.25, -0.2) is 0 Å². The van der Waals surface area contributed by atoms with Crippen LogP contribution in [0.25, 0.3) is 0 Å². The number of halogens is 1. The summed E-state index contributed by atoms with van der Waals surface area (Å²) in [6.45, 7) is 4.83. The highest BCUT2D eigenvalue weighted by Gasteiger charge is 2.22. The molecule has 0 unspecified atom stereocenters. The standard InChI is InChI=1S/C15H24BrN3O2/c1-15(2,14(17)19-20)6-4-5-7-18-12-8-11(16)9-13(10-12)21-3/h8-10,18,20H,4-7H2,1-3H3,(H2,17,19). The summed E-state index contributed by atoms with van der Waals surface area (Å²) in [5.74, 6) is 1.10. The van der Waals surface area contributed by atoms with Crippen molar-refractivity contribution in [3.05, 3.63) is 22.7 Å². The Kier molecular flexibility index (Phi) is 6.81. The van der Waals surface area contributed by atoms with Gasteiger partial charge in [0.15, 0.2) is 0 Å². The molecule has 0 fully saturated rings. The first-order valence-corrected chi connectivity index (χ1v) is 7.75. The fourth-order valence-corrected chi connectivity index (χ4v) is 2.44. The van der Waals surface area contributed by atoms with Crippen molar-refractivity contribution in [3.63, 3.8) is 0 Å². The van der Waals surface area contributed by atoms with E-state index < -0.39 is 0 Å². The second kappa shape index (κ2) is 8.12. The number of unbranched alkanes of at least 4 members (excludes halogenated alkanes) is 1. The number of anilines is 1. The highest BCUT2D eigenvalue weighted by Crippen LogP contribution is 2.25. The molecule has 0 aliphatic heterocycles. The van der Waals surface area contributed by atoms with Crippen LogP contribution in [0.4, 0.5) is 5.69 Å². The number of nitrogens with one attached hydrogen (secondary N) is 1. The van der Waals surface area contributed by atoms with Crippen molar-refractivity contribution in [2.24, 2.45) is 16.3 Å². The summed E-state index contributed by atoms with van der Waals surface area (Å²) in [7, 11) is 1.65. The summed E-state index contributed by atoms with van der Waals surface area (Å²) >= 11 is 3.46. The van der Waals surface area contributed by atoms with Crippen molar-refractivity contribution in [3.8, 4) is 5.75 Å². The number of nitrogens with two attached hydrogens (primary N) is 1. The average molecular weight is 358 g/mol. The third-order valence-electron chi connectivity index (χ3n) is 3.47. The molecule has 0 radical (unpaired) electrons. The minimum Gasteiger partial charge on any atom is -0.497 e. The maximum Gasteiger partial charge on any atom is 0.144 e. The number of rotatable bonds is 8. The second-order valence-electron chi connectivity index (χ2n) is 5.63. The molecule has 1 rings (SSSR count). The number of oxime groups is 1. The van der Waals surface area contributed by atoms with Crippen LogP contribution in [0, 0.1) is 5.41 Å².